The molecule has 5 heteroatoms. The molecule has 0 spiro atoms. The van der Waals surface area contributed by atoms with Crippen molar-refractivity contribution in [1.82, 2.24) is 19.5 Å². The van der Waals surface area contributed by atoms with E-state index in [1.165, 1.54) is 6.07 Å². The second-order valence-electron chi connectivity index (χ2n) is 6.28. The van der Waals surface area contributed by atoms with Crippen molar-refractivity contribution in [1.29, 1.82) is 0 Å². The summed E-state index contributed by atoms with van der Waals surface area (Å²) in [6.45, 7) is 4.93. The number of fused-ring (bicyclic) bond motifs is 2. The lowest BCUT2D eigenvalue weighted by atomic mass is 10.2. The number of nitrogens with zero attached hydrogens (tertiary/aromatic N) is 4. The van der Waals surface area contributed by atoms with Gasteiger partial charge in [-0.2, -0.15) is 0 Å². The van der Waals surface area contributed by atoms with Crippen LogP contribution in [0.15, 0.2) is 48.5 Å². The summed E-state index contributed by atoms with van der Waals surface area (Å²) in [6, 6.07) is 14.4. The van der Waals surface area contributed by atoms with E-state index in [9.17, 15) is 4.39 Å². The first-order valence-electron chi connectivity index (χ1n) is 8.01. The standard InChI is InChI=1S/C19H17FN4/c1-12(2)11-24-18(13-7-3-4-8-14(13)20)23-17-19(24)22-16-10-6-5-9-15(16)21-17/h3-10,12H,11H2,1-2H3. The van der Waals surface area contributed by atoms with Crippen molar-refractivity contribution in [2.24, 2.45) is 5.92 Å². The average molecular weight is 320 g/mol. The number of hydrogen-bond acceptors (Lipinski definition) is 3. The summed E-state index contributed by atoms with van der Waals surface area (Å²) in [4.78, 5) is 13.9. The first-order valence-corrected chi connectivity index (χ1v) is 8.01. The Labute approximate surface area is 139 Å². The predicted octanol–water partition coefficient (Wildman–Crippen LogP) is 4.44. The Morgan fingerprint density at radius 1 is 0.917 bits per heavy atom. The molecule has 24 heavy (non-hydrogen) atoms. The molecule has 0 aliphatic carbocycles. The van der Waals surface area contributed by atoms with E-state index in [0.29, 0.717) is 35.1 Å². The Balaban J connectivity index is 2.05. The normalized spacial score (nSPS) is 11.7. The molecular formula is C19H17FN4. The predicted molar refractivity (Wildman–Crippen MR) is 93.1 cm³/mol. The largest absolute Gasteiger partial charge is 0.307 e. The van der Waals surface area contributed by atoms with Gasteiger partial charge in [0.1, 0.15) is 11.6 Å². The molecule has 4 nitrogen and oxygen atoms in total. The Kier molecular flexibility index (Phi) is 3.49. The van der Waals surface area contributed by atoms with Gasteiger partial charge >= 0.3 is 0 Å². The minimum Gasteiger partial charge on any atom is -0.307 e. The average Bonchev–Trinajstić information content (AvgIpc) is 2.90. The third kappa shape index (κ3) is 2.42. The molecule has 0 bridgehead atoms. The molecule has 0 fully saturated rings. The van der Waals surface area contributed by atoms with Crippen LogP contribution in [0.3, 0.4) is 0 Å². The van der Waals surface area contributed by atoms with Gasteiger partial charge in [0, 0.05) is 6.54 Å². The zero-order valence-electron chi connectivity index (χ0n) is 13.6. The fourth-order valence-electron chi connectivity index (χ4n) is 2.88. The lowest BCUT2D eigenvalue weighted by Gasteiger charge is -2.11. The van der Waals surface area contributed by atoms with Crippen LogP contribution in [0.2, 0.25) is 0 Å². The maximum Gasteiger partial charge on any atom is 0.198 e. The van der Waals surface area contributed by atoms with Crippen LogP contribution in [0.4, 0.5) is 4.39 Å². The van der Waals surface area contributed by atoms with Gasteiger partial charge in [0.2, 0.25) is 0 Å². The fraction of sp³-hybridized carbons (Fsp3) is 0.211. The summed E-state index contributed by atoms with van der Waals surface area (Å²) in [6.07, 6.45) is 0. The van der Waals surface area contributed by atoms with Crippen LogP contribution in [-0.2, 0) is 6.54 Å². The van der Waals surface area contributed by atoms with Crippen LogP contribution in [0, 0.1) is 11.7 Å². The lowest BCUT2D eigenvalue weighted by molar-refractivity contribution is 0.532. The van der Waals surface area contributed by atoms with Gasteiger partial charge in [0.15, 0.2) is 11.3 Å². The molecule has 4 aromatic rings. The Bertz CT molecular complexity index is 1040. The minimum atomic E-state index is -0.289. The first-order chi connectivity index (χ1) is 11.6. The van der Waals surface area contributed by atoms with E-state index in [1.54, 1.807) is 12.1 Å². The van der Waals surface area contributed by atoms with E-state index >= 15 is 0 Å². The van der Waals surface area contributed by atoms with Crippen LogP contribution in [0.25, 0.3) is 33.7 Å². The molecule has 0 saturated carbocycles. The summed E-state index contributed by atoms with van der Waals surface area (Å²) >= 11 is 0. The van der Waals surface area contributed by atoms with Gasteiger partial charge in [-0.25, -0.2) is 19.3 Å². The first kappa shape index (κ1) is 14.8. The topological polar surface area (TPSA) is 43.6 Å². The Hall–Kier alpha value is -2.82. The van der Waals surface area contributed by atoms with Gasteiger partial charge in [0.05, 0.1) is 16.6 Å². The van der Waals surface area contributed by atoms with Crippen molar-refractivity contribution >= 4 is 22.3 Å². The maximum atomic E-state index is 14.3. The molecule has 0 unspecified atom stereocenters. The Morgan fingerprint density at radius 3 is 2.29 bits per heavy atom. The highest BCUT2D eigenvalue weighted by Gasteiger charge is 2.18. The molecule has 120 valence electrons. The van der Waals surface area contributed by atoms with Gasteiger partial charge < -0.3 is 4.57 Å². The summed E-state index contributed by atoms with van der Waals surface area (Å²) in [5, 5.41) is 0. The summed E-state index contributed by atoms with van der Waals surface area (Å²) in [5.41, 5.74) is 3.32. The SMILES string of the molecule is CC(C)Cn1c(-c2ccccc2F)nc2nc3ccccc3nc21. The van der Waals surface area contributed by atoms with Crippen LogP contribution in [0.1, 0.15) is 13.8 Å². The van der Waals surface area contributed by atoms with Gasteiger partial charge in [-0.3, -0.25) is 0 Å². The van der Waals surface area contributed by atoms with Gasteiger partial charge in [0.25, 0.3) is 0 Å². The summed E-state index contributed by atoms with van der Waals surface area (Å²) in [5.74, 6) is 0.663. The van der Waals surface area contributed by atoms with Crippen molar-refractivity contribution in [3.63, 3.8) is 0 Å². The zero-order valence-corrected chi connectivity index (χ0v) is 13.6. The number of imidazole rings is 1. The highest BCUT2D eigenvalue weighted by atomic mass is 19.1. The van der Waals surface area contributed by atoms with E-state index in [4.69, 9.17) is 4.98 Å². The molecule has 2 heterocycles. The highest BCUT2D eigenvalue weighted by Crippen LogP contribution is 2.27. The van der Waals surface area contributed by atoms with Crippen molar-refractivity contribution in [2.75, 3.05) is 0 Å². The smallest absolute Gasteiger partial charge is 0.198 e. The van der Waals surface area contributed by atoms with E-state index in [-0.39, 0.29) is 5.82 Å². The third-order valence-electron chi connectivity index (χ3n) is 3.92. The van der Waals surface area contributed by atoms with Crippen molar-refractivity contribution in [2.45, 2.75) is 20.4 Å². The second kappa shape index (κ2) is 5.67. The number of benzene rings is 2. The third-order valence-corrected chi connectivity index (χ3v) is 3.92. The lowest BCUT2D eigenvalue weighted by Crippen LogP contribution is -2.07. The zero-order chi connectivity index (χ0) is 16.7. The summed E-state index contributed by atoms with van der Waals surface area (Å²) in [7, 11) is 0. The molecule has 4 rings (SSSR count). The number of para-hydroxylation sites is 2. The van der Waals surface area contributed by atoms with Crippen molar-refractivity contribution < 1.29 is 4.39 Å². The number of aromatic nitrogens is 4. The highest BCUT2D eigenvalue weighted by molar-refractivity contribution is 5.84. The quantitative estimate of drug-likeness (QED) is 0.560. The van der Waals surface area contributed by atoms with Gasteiger partial charge in [-0.05, 0) is 30.2 Å². The van der Waals surface area contributed by atoms with E-state index in [2.05, 4.69) is 23.8 Å². The van der Waals surface area contributed by atoms with Gasteiger partial charge in [-0.1, -0.05) is 38.1 Å². The number of hydrogen-bond donors (Lipinski definition) is 0. The Morgan fingerprint density at radius 2 is 1.58 bits per heavy atom. The van der Waals surface area contributed by atoms with E-state index in [1.807, 2.05) is 34.9 Å². The molecule has 2 aromatic carbocycles. The fourth-order valence-corrected chi connectivity index (χ4v) is 2.88. The summed E-state index contributed by atoms with van der Waals surface area (Å²) < 4.78 is 16.3. The van der Waals surface area contributed by atoms with E-state index < -0.39 is 0 Å². The number of halogens is 1. The van der Waals surface area contributed by atoms with Crippen LogP contribution < -0.4 is 0 Å². The second-order valence-corrected chi connectivity index (χ2v) is 6.28. The molecule has 2 aromatic heterocycles. The van der Waals surface area contributed by atoms with Crippen LogP contribution in [0.5, 0.6) is 0 Å². The molecule has 0 radical (unpaired) electrons. The molecule has 0 aliphatic heterocycles. The monoisotopic (exact) mass is 320 g/mol. The van der Waals surface area contributed by atoms with Crippen LogP contribution in [-0.4, -0.2) is 19.5 Å². The minimum absolute atomic E-state index is 0.289. The molecule has 0 amide bonds. The van der Waals surface area contributed by atoms with E-state index in [0.717, 1.165) is 11.0 Å². The van der Waals surface area contributed by atoms with Gasteiger partial charge in [-0.15, -0.1) is 0 Å². The molecule has 0 aliphatic rings. The molecule has 0 saturated heterocycles. The van der Waals surface area contributed by atoms with Crippen molar-refractivity contribution in [3.05, 3.63) is 54.3 Å². The maximum absolute atomic E-state index is 14.3. The number of rotatable bonds is 3. The van der Waals surface area contributed by atoms with Crippen LogP contribution >= 0.6 is 0 Å². The molecule has 0 N–H and O–H groups in total. The molecular weight excluding hydrogens is 303 g/mol. The molecule has 0 atom stereocenters. The van der Waals surface area contributed by atoms with Crippen molar-refractivity contribution in [3.8, 4) is 11.4 Å².